The molecule has 1 aliphatic heterocycles. The molecule has 0 spiro atoms. The number of benzene rings is 2. The topological polar surface area (TPSA) is 163 Å². The number of phenols is 1. The molecule has 2 aromatic carbocycles. The van der Waals surface area contributed by atoms with Crippen molar-refractivity contribution in [2.75, 3.05) is 0 Å². The molecule has 5 atom stereocenters. The minimum Gasteiger partial charge on any atom is -0.504 e. The summed E-state index contributed by atoms with van der Waals surface area (Å²) >= 11 is 0. The normalized spacial score (nSPS) is 29.1. The van der Waals surface area contributed by atoms with Crippen LogP contribution in [0.25, 0.3) is 10.8 Å². The van der Waals surface area contributed by atoms with Crippen LogP contribution in [0.4, 0.5) is 0 Å². The Kier molecular flexibility index (Phi) is 7.69. The summed E-state index contributed by atoms with van der Waals surface area (Å²) in [6.45, 7) is 0. The molecule has 7 N–H and O–H groups in total. The summed E-state index contributed by atoms with van der Waals surface area (Å²) in [5.74, 6) is -1.80. The Morgan fingerprint density at radius 2 is 1.58 bits per heavy atom. The Hall–Kier alpha value is -2.43. The number of carboxylic acid groups (broad SMARTS) is 1. The highest BCUT2D eigenvalue weighted by molar-refractivity contribution is 5.85. The van der Waals surface area contributed by atoms with Crippen LogP contribution in [0.1, 0.15) is 32.1 Å². The van der Waals surface area contributed by atoms with E-state index in [9.17, 15) is 25.2 Å². The fourth-order valence-electron chi connectivity index (χ4n) is 3.71. The molecule has 1 heterocycles. The number of ether oxygens (including phenoxy) is 2. The molecule has 0 aromatic heterocycles. The molecule has 2 aromatic rings. The predicted molar refractivity (Wildman–Crippen MR) is 112 cm³/mol. The fourth-order valence-corrected chi connectivity index (χ4v) is 3.71. The second kappa shape index (κ2) is 10.3. The summed E-state index contributed by atoms with van der Waals surface area (Å²) in [7, 11) is 0. The summed E-state index contributed by atoms with van der Waals surface area (Å²) in [6.07, 6.45) is -1.94. The molecule has 2 fully saturated rings. The number of fused-ring (bicyclic) bond motifs is 1. The minimum absolute atomic E-state index is 0.0505. The third-order valence-electron chi connectivity index (χ3n) is 5.53. The van der Waals surface area contributed by atoms with Crippen molar-refractivity contribution in [3.63, 3.8) is 0 Å². The number of phenolic OH excluding ortho intramolecular Hbond substituents is 1. The molecule has 9 heteroatoms. The van der Waals surface area contributed by atoms with Gasteiger partial charge in [0, 0.05) is 6.04 Å². The maximum Gasteiger partial charge on any atom is 0.335 e. The van der Waals surface area contributed by atoms with Gasteiger partial charge in [-0.2, -0.15) is 0 Å². The molecular formula is C22H29NO8. The molecule has 31 heavy (non-hydrogen) atoms. The van der Waals surface area contributed by atoms with Gasteiger partial charge in [-0.15, -0.1) is 0 Å². The van der Waals surface area contributed by atoms with Crippen LogP contribution in [0.2, 0.25) is 0 Å². The molecule has 0 amide bonds. The quantitative estimate of drug-likeness (QED) is 0.414. The van der Waals surface area contributed by atoms with Gasteiger partial charge in [0.15, 0.2) is 17.6 Å². The summed E-state index contributed by atoms with van der Waals surface area (Å²) in [5.41, 5.74) is 5.63. The van der Waals surface area contributed by atoms with Gasteiger partial charge in [0.05, 0.1) is 0 Å². The Morgan fingerprint density at radius 1 is 0.968 bits per heavy atom. The Bertz CT molecular complexity index is 885. The number of aliphatic hydroxyl groups is 3. The summed E-state index contributed by atoms with van der Waals surface area (Å²) in [6, 6.07) is 10.6. The van der Waals surface area contributed by atoms with Gasteiger partial charge in [0.1, 0.15) is 18.3 Å². The van der Waals surface area contributed by atoms with Gasteiger partial charge in [-0.25, -0.2) is 4.79 Å². The summed E-state index contributed by atoms with van der Waals surface area (Å²) in [4.78, 5) is 11.1. The van der Waals surface area contributed by atoms with E-state index in [1.165, 1.54) is 44.2 Å². The van der Waals surface area contributed by atoms with Crippen LogP contribution >= 0.6 is 0 Å². The van der Waals surface area contributed by atoms with Crippen molar-refractivity contribution in [3.05, 3.63) is 36.4 Å². The standard InChI is InChI=1S/C16H16O8.C6H13N/c17-9-5-7-3-1-2-4-8(7)6-10(9)23-16-13(20)11(18)12(19)14(24-16)15(21)22;7-6-4-2-1-3-5-6/h1-6,11-14,16-20H,(H,21,22);6H,1-5,7H2. The van der Waals surface area contributed by atoms with Crippen LogP contribution in [0.3, 0.4) is 0 Å². The van der Waals surface area contributed by atoms with E-state index in [1.807, 2.05) is 0 Å². The molecule has 1 saturated heterocycles. The zero-order valence-corrected chi connectivity index (χ0v) is 17.0. The van der Waals surface area contributed by atoms with Crippen molar-refractivity contribution >= 4 is 16.7 Å². The van der Waals surface area contributed by atoms with Gasteiger partial charge in [0.25, 0.3) is 0 Å². The van der Waals surface area contributed by atoms with Crippen LogP contribution < -0.4 is 10.5 Å². The fraction of sp³-hybridized carbons (Fsp3) is 0.500. The lowest BCUT2D eigenvalue weighted by atomic mass is 9.97. The van der Waals surface area contributed by atoms with E-state index in [2.05, 4.69) is 0 Å². The smallest absolute Gasteiger partial charge is 0.335 e. The summed E-state index contributed by atoms with van der Waals surface area (Å²) < 4.78 is 10.4. The first-order valence-corrected chi connectivity index (χ1v) is 10.3. The third-order valence-corrected chi connectivity index (χ3v) is 5.53. The van der Waals surface area contributed by atoms with Crippen LogP contribution in [-0.2, 0) is 9.53 Å². The lowest BCUT2D eigenvalue weighted by Gasteiger charge is -2.38. The second-order valence-electron chi connectivity index (χ2n) is 7.92. The number of aromatic hydroxyl groups is 1. The largest absolute Gasteiger partial charge is 0.504 e. The van der Waals surface area contributed by atoms with Crippen molar-refractivity contribution in [1.82, 2.24) is 0 Å². The molecular weight excluding hydrogens is 406 g/mol. The Balaban J connectivity index is 0.000000330. The number of nitrogens with two attached hydrogens (primary N) is 1. The van der Waals surface area contributed by atoms with Crippen LogP contribution in [0.15, 0.2) is 36.4 Å². The third kappa shape index (κ3) is 5.63. The molecule has 9 nitrogen and oxygen atoms in total. The highest BCUT2D eigenvalue weighted by Crippen LogP contribution is 2.34. The number of rotatable bonds is 3. The van der Waals surface area contributed by atoms with Gasteiger partial charge < -0.3 is 40.7 Å². The van der Waals surface area contributed by atoms with Crippen molar-refractivity contribution < 1.29 is 39.8 Å². The van der Waals surface area contributed by atoms with Crippen LogP contribution in [0, 0.1) is 0 Å². The zero-order valence-electron chi connectivity index (χ0n) is 17.0. The highest BCUT2D eigenvalue weighted by Gasteiger charge is 2.48. The second-order valence-corrected chi connectivity index (χ2v) is 7.92. The minimum atomic E-state index is -1.80. The van der Waals surface area contributed by atoms with Gasteiger partial charge in [-0.3, -0.25) is 0 Å². The highest BCUT2D eigenvalue weighted by atomic mass is 16.7. The van der Waals surface area contributed by atoms with Crippen molar-refractivity contribution in [2.45, 2.75) is 68.9 Å². The summed E-state index contributed by atoms with van der Waals surface area (Å²) in [5, 5.41) is 49.9. The van der Waals surface area contributed by atoms with E-state index in [-0.39, 0.29) is 11.5 Å². The number of aliphatic hydroxyl groups excluding tert-OH is 3. The maximum absolute atomic E-state index is 11.1. The molecule has 5 unspecified atom stereocenters. The van der Waals surface area contributed by atoms with E-state index in [1.54, 1.807) is 24.3 Å². The van der Waals surface area contributed by atoms with Gasteiger partial charge in [0.2, 0.25) is 6.29 Å². The van der Waals surface area contributed by atoms with E-state index in [4.69, 9.17) is 20.3 Å². The monoisotopic (exact) mass is 435 g/mol. The number of carbonyl (C=O) groups is 1. The van der Waals surface area contributed by atoms with E-state index in [0.29, 0.717) is 6.04 Å². The maximum atomic E-state index is 11.1. The number of hydrogen-bond acceptors (Lipinski definition) is 8. The van der Waals surface area contributed by atoms with Gasteiger partial charge in [-0.05, 0) is 35.7 Å². The number of carboxylic acids is 1. The molecule has 170 valence electrons. The van der Waals surface area contributed by atoms with Crippen molar-refractivity contribution in [3.8, 4) is 11.5 Å². The average molecular weight is 435 g/mol. The molecule has 4 rings (SSSR count). The van der Waals surface area contributed by atoms with Crippen LogP contribution in [0.5, 0.6) is 11.5 Å². The molecule has 1 saturated carbocycles. The van der Waals surface area contributed by atoms with Crippen molar-refractivity contribution in [1.29, 1.82) is 0 Å². The van der Waals surface area contributed by atoms with Crippen LogP contribution in [-0.4, -0.2) is 68.2 Å². The lowest BCUT2D eigenvalue weighted by molar-refractivity contribution is -0.271. The van der Waals surface area contributed by atoms with Gasteiger partial charge >= 0.3 is 5.97 Å². The first kappa shape index (κ1) is 23.2. The molecule has 1 aliphatic carbocycles. The van der Waals surface area contributed by atoms with E-state index < -0.39 is 36.7 Å². The average Bonchev–Trinajstić information content (AvgIpc) is 2.75. The lowest BCUT2D eigenvalue weighted by Crippen LogP contribution is -2.61. The van der Waals surface area contributed by atoms with Crippen molar-refractivity contribution in [2.24, 2.45) is 5.73 Å². The van der Waals surface area contributed by atoms with E-state index >= 15 is 0 Å². The SMILES string of the molecule is NC1CCCCC1.O=C(O)C1OC(Oc2cc3ccccc3cc2O)C(O)C(O)C1O. The first-order valence-electron chi connectivity index (χ1n) is 10.3. The first-order chi connectivity index (χ1) is 14.8. The Morgan fingerprint density at radius 3 is 2.13 bits per heavy atom. The number of hydrogen-bond donors (Lipinski definition) is 6. The predicted octanol–water partition coefficient (Wildman–Crippen LogP) is 1.09. The van der Waals surface area contributed by atoms with E-state index in [0.717, 1.165) is 10.8 Å². The van der Waals surface area contributed by atoms with Gasteiger partial charge in [-0.1, -0.05) is 43.5 Å². The number of aliphatic carboxylic acids is 1. The zero-order chi connectivity index (χ0) is 22.5. The molecule has 2 aliphatic rings. The Labute approximate surface area is 179 Å². The molecule has 0 radical (unpaired) electrons. The molecule has 0 bridgehead atoms.